The number of aryl methyl sites for hydroxylation is 1. The molecule has 0 spiro atoms. The second-order valence-electron chi connectivity index (χ2n) is 6.89. The Morgan fingerprint density at radius 3 is 2.64 bits per heavy atom. The van der Waals surface area contributed by atoms with Crippen LogP contribution in [-0.2, 0) is 0 Å². The van der Waals surface area contributed by atoms with E-state index in [1.54, 1.807) is 0 Å². The molecule has 2 aromatic carbocycles. The van der Waals surface area contributed by atoms with Crippen LogP contribution in [0.25, 0.3) is 11.1 Å². The van der Waals surface area contributed by atoms with Gasteiger partial charge in [0.25, 0.3) is 0 Å². The van der Waals surface area contributed by atoms with E-state index >= 15 is 0 Å². The maximum atomic E-state index is 12.0. The van der Waals surface area contributed by atoms with E-state index in [0.717, 1.165) is 41.8 Å². The first-order valence-electron chi connectivity index (χ1n) is 8.93. The minimum atomic E-state index is -0.887. The molecule has 132 valence electrons. The van der Waals surface area contributed by atoms with Gasteiger partial charge in [-0.05, 0) is 57.5 Å². The van der Waals surface area contributed by atoms with Crippen LogP contribution in [0.2, 0.25) is 0 Å². The van der Waals surface area contributed by atoms with Crippen LogP contribution in [0.15, 0.2) is 48.5 Å². The van der Waals surface area contributed by atoms with Crippen LogP contribution in [0.3, 0.4) is 0 Å². The molecule has 2 aromatic rings. The van der Waals surface area contributed by atoms with Crippen LogP contribution in [0.4, 0.5) is 10.5 Å². The van der Waals surface area contributed by atoms with Crippen molar-refractivity contribution >= 4 is 11.8 Å². The van der Waals surface area contributed by atoms with Gasteiger partial charge in [0.05, 0.1) is 5.69 Å². The van der Waals surface area contributed by atoms with Crippen LogP contribution < -0.4 is 4.90 Å². The van der Waals surface area contributed by atoms with E-state index in [4.69, 9.17) is 0 Å². The number of anilines is 1. The highest BCUT2D eigenvalue weighted by molar-refractivity contribution is 5.93. The molecule has 1 aliphatic heterocycles. The molecule has 1 fully saturated rings. The Bertz CT molecular complexity index is 730. The number of hydrogen-bond donors (Lipinski definition) is 1. The molecule has 0 aromatic heterocycles. The van der Waals surface area contributed by atoms with Gasteiger partial charge >= 0.3 is 6.09 Å². The van der Waals surface area contributed by atoms with Crippen molar-refractivity contribution in [3.05, 3.63) is 54.1 Å². The normalized spacial score (nSPS) is 17.6. The summed E-state index contributed by atoms with van der Waals surface area (Å²) in [5, 5.41) is 9.82. The molecule has 1 N–H and O–H groups in total. The summed E-state index contributed by atoms with van der Waals surface area (Å²) in [4.78, 5) is 15.8. The van der Waals surface area contributed by atoms with Crippen molar-refractivity contribution in [2.45, 2.75) is 32.2 Å². The number of hydrogen-bond acceptors (Lipinski definition) is 2. The zero-order valence-corrected chi connectivity index (χ0v) is 15.0. The summed E-state index contributed by atoms with van der Waals surface area (Å²) in [5.41, 5.74) is 3.92. The molecule has 1 amide bonds. The van der Waals surface area contributed by atoms with Crippen LogP contribution in [0, 0.1) is 6.92 Å². The van der Waals surface area contributed by atoms with Gasteiger partial charge in [-0.1, -0.05) is 42.0 Å². The van der Waals surface area contributed by atoms with Crippen molar-refractivity contribution in [2.24, 2.45) is 0 Å². The molecule has 1 unspecified atom stereocenters. The monoisotopic (exact) mass is 338 g/mol. The van der Waals surface area contributed by atoms with Gasteiger partial charge in [-0.3, -0.25) is 4.90 Å². The second-order valence-corrected chi connectivity index (χ2v) is 6.89. The van der Waals surface area contributed by atoms with Crippen molar-refractivity contribution in [3.63, 3.8) is 0 Å². The van der Waals surface area contributed by atoms with E-state index in [1.807, 2.05) is 49.4 Å². The molecule has 1 saturated heterocycles. The molecule has 25 heavy (non-hydrogen) atoms. The Balaban J connectivity index is 1.90. The van der Waals surface area contributed by atoms with Crippen molar-refractivity contribution in [3.8, 4) is 11.1 Å². The maximum Gasteiger partial charge on any atom is 0.411 e. The molecule has 1 heterocycles. The first-order chi connectivity index (χ1) is 12.1. The topological polar surface area (TPSA) is 43.8 Å². The van der Waals surface area contributed by atoms with Crippen LogP contribution >= 0.6 is 0 Å². The summed E-state index contributed by atoms with van der Waals surface area (Å²) in [6.45, 7) is 3.67. The van der Waals surface area contributed by atoms with E-state index in [1.165, 1.54) is 11.3 Å². The van der Waals surface area contributed by atoms with Gasteiger partial charge in [0, 0.05) is 18.2 Å². The third-order valence-electron chi connectivity index (χ3n) is 5.12. The van der Waals surface area contributed by atoms with Crippen molar-refractivity contribution in [2.75, 3.05) is 25.0 Å². The summed E-state index contributed by atoms with van der Waals surface area (Å²) >= 11 is 0. The number of likely N-dealkylation sites (tertiary alicyclic amines) is 1. The van der Waals surface area contributed by atoms with Gasteiger partial charge in [0.2, 0.25) is 0 Å². The van der Waals surface area contributed by atoms with Gasteiger partial charge in [0.15, 0.2) is 0 Å². The SMILES string of the molecule is Cc1ccc(N(CCC2CCCN2C)C(=O)O)c(-c2ccccc2)c1. The first-order valence-corrected chi connectivity index (χ1v) is 8.93. The van der Waals surface area contributed by atoms with Crippen LogP contribution in [0.1, 0.15) is 24.8 Å². The predicted octanol–water partition coefficient (Wildman–Crippen LogP) is 4.63. The molecule has 0 bridgehead atoms. The molecule has 4 nitrogen and oxygen atoms in total. The summed E-state index contributed by atoms with van der Waals surface area (Å²) in [7, 11) is 2.13. The van der Waals surface area contributed by atoms with Gasteiger partial charge in [0.1, 0.15) is 0 Å². The molecule has 1 atom stereocenters. The Morgan fingerprint density at radius 1 is 1.24 bits per heavy atom. The highest BCUT2D eigenvalue weighted by Gasteiger charge is 2.24. The Labute approximate surface area is 149 Å². The van der Waals surface area contributed by atoms with E-state index in [9.17, 15) is 9.90 Å². The van der Waals surface area contributed by atoms with E-state index < -0.39 is 6.09 Å². The third-order valence-corrected chi connectivity index (χ3v) is 5.12. The van der Waals surface area contributed by atoms with Gasteiger partial charge in [-0.2, -0.15) is 0 Å². The fourth-order valence-corrected chi connectivity index (χ4v) is 3.68. The van der Waals surface area contributed by atoms with Crippen LogP contribution in [-0.4, -0.2) is 42.3 Å². The van der Waals surface area contributed by atoms with Crippen molar-refractivity contribution in [1.29, 1.82) is 0 Å². The lowest BCUT2D eigenvalue weighted by atomic mass is 10.0. The smallest absolute Gasteiger partial charge is 0.411 e. The zero-order chi connectivity index (χ0) is 17.8. The van der Waals surface area contributed by atoms with Crippen molar-refractivity contribution < 1.29 is 9.90 Å². The molecule has 4 heteroatoms. The first kappa shape index (κ1) is 17.5. The number of amides is 1. The minimum Gasteiger partial charge on any atom is -0.465 e. The highest BCUT2D eigenvalue weighted by atomic mass is 16.4. The molecule has 0 aliphatic carbocycles. The maximum absolute atomic E-state index is 12.0. The summed E-state index contributed by atoms with van der Waals surface area (Å²) < 4.78 is 0. The Kier molecular flexibility index (Phi) is 5.39. The molecule has 1 aliphatic rings. The molecule has 0 radical (unpaired) electrons. The number of benzene rings is 2. The van der Waals surface area contributed by atoms with E-state index in [-0.39, 0.29) is 0 Å². The summed E-state index contributed by atoms with van der Waals surface area (Å²) in [6, 6.07) is 16.5. The molecular weight excluding hydrogens is 312 g/mol. The average Bonchev–Trinajstić information content (AvgIpc) is 3.02. The van der Waals surface area contributed by atoms with Gasteiger partial charge in [-0.15, -0.1) is 0 Å². The highest BCUT2D eigenvalue weighted by Crippen LogP contribution is 2.32. The quantitative estimate of drug-likeness (QED) is 0.864. The second kappa shape index (κ2) is 7.70. The average molecular weight is 338 g/mol. The number of nitrogens with zero attached hydrogens (tertiary/aromatic N) is 2. The summed E-state index contributed by atoms with van der Waals surface area (Å²) in [6.07, 6.45) is 2.34. The van der Waals surface area contributed by atoms with Gasteiger partial charge < -0.3 is 10.0 Å². The van der Waals surface area contributed by atoms with Gasteiger partial charge in [-0.25, -0.2) is 4.79 Å². The number of rotatable bonds is 5. The lowest BCUT2D eigenvalue weighted by Gasteiger charge is -2.26. The largest absolute Gasteiger partial charge is 0.465 e. The number of carboxylic acid groups (broad SMARTS) is 1. The lowest BCUT2D eigenvalue weighted by molar-refractivity contribution is 0.200. The van der Waals surface area contributed by atoms with E-state index in [0.29, 0.717) is 12.6 Å². The predicted molar refractivity (Wildman–Crippen MR) is 102 cm³/mol. The Hall–Kier alpha value is -2.33. The minimum absolute atomic E-state index is 0.479. The van der Waals surface area contributed by atoms with Crippen molar-refractivity contribution in [1.82, 2.24) is 4.90 Å². The molecular formula is C21H26N2O2. The summed E-state index contributed by atoms with van der Waals surface area (Å²) in [5.74, 6) is 0. The third kappa shape index (κ3) is 4.02. The standard InChI is InChI=1S/C21H26N2O2/c1-16-10-11-20(19(15-16)17-7-4-3-5-8-17)23(21(24)25)14-12-18-9-6-13-22(18)2/h3-5,7-8,10-11,15,18H,6,9,12-14H2,1-2H3,(H,24,25). The Morgan fingerprint density at radius 2 is 2.00 bits per heavy atom. The number of carbonyl (C=O) groups is 1. The fraction of sp³-hybridized carbons (Fsp3) is 0.381. The van der Waals surface area contributed by atoms with Crippen LogP contribution in [0.5, 0.6) is 0 Å². The molecule has 3 rings (SSSR count). The molecule has 0 saturated carbocycles. The van der Waals surface area contributed by atoms with E-state index in [2.05, 4.69) is 18.0 Å². The fourth-order valence-electron chi connectivity index (χ4n) is 3.68. The lowest BCUT2D eigenvalue weighted by Crippen LogP contribution is -2.35. The zero-order valence-electron chi connectivity index (χ0n) is 15.0.